The van der Waals surface area contributed by atoms with Crippen LogP contribution in [-0.4, -0.2) is 36.5 Å². The second-order valence-corrected chi connectivity index (χ2v) is 6.02. The number of benzene rings is 1. The zero-order chi connectivity index (χ0) is 16.2. The Bertz CT molecular complexity index is 702. The molecule has 1 unspecified atom stereocenters. The Morgan fingerprint density at radius 3 is 2.96 bits per heavy atom. The number of anilines is 1. The number of amides is 3. The molecule has 1 atom stereocenters. The van der Waals surface area contributed by atoms with Gasteiger partial charge >= 0.3 is 6.03 Å². The van der Waals surface area contributed by atoms with Gasteiger partial charge in [-0.2, -0.15) is 11.3 Å². The molecule has 1 fully saturated rings. The fourth-order valence-corrected chi connectivity index (χ4v) is 3.25. The van der Waals surface area contributed by atoms with Crippen LogP contribution in [0.15, 0.2) is 41.1 Å². The zero-order valence-electron chi connectivity index (χ0n) is 12.4. The SMILES string of the molecule is NC(=O)Nc1cccc(C(=O)N2CCOC(c3ccsc3)C2)c1. The molecule has 6 nitrogen and oxygen atoms in total. The average molecular weight is 331 g/mol. The Morgan fingerprint density at radius 2 is 2.22 bits per heavy atom. The molecule has 1 aromatic carbocycles. The first kappa shape index (κ1) is 15.5. The van der Waals surface area contributed by atoms with Gasteiger partial charge in [0.1, 0.15) is 6.10 Å². The Kier molecular flexibility index (Phi) is 4.59. The van der Waals surface area contributed by atoms with Gasteiger partial charge in [-0.05, 0) is 40.6 Å². The number of hydrogen-bond acceptors (Lipinski definition) is 4. The maximum atomic E-state index is 12.7. The Balaban J connectivity index is 1.73. The van der Waals surface area contributed by atoms with Crippen molar-refractivity contribution in [3.8, 4) is 0 Å². The van der Waals surface area contributed by atoms with E-state index in [0.29, 0.717) is 30.9 Å². The molecule has 1 aliphatic rings. The van der Waals surface area contributed by atoms with E-state index >= 15 is 0 Å². The maximum Gasteiger partial charge on any atom is 0.316 e. The largest absolute Gasteiger partial charge is 0.370 e. The third-order valence-corrected chi connectivity index (χ3v) is 4.35. The topological polar surface area (TPSA) is 84.7 Å². The first-order chi connectivity index (χ1) is 11.1. The molecule has 23 heavy (non-hydrogen) atoms. The Labute approximate surface area is 137 Å². The number of carbonyl (C=O) groups is 2. The number of morpholine rings is 1. The van der Waals surface area contributed by atoms with E-state index in [0.717, 1.165) is 5.56 Å². The molecule has 3 N–H and O–H groups in total. The van der Waals surface area contributed by atoms with Gasteiger partial charge in [0.25, 0.3) is 5.91 Å². The summed E-state index contributed by atoms with van der Waals surface area (Å²) < 4.78 is 5.75. The predicted octanol–water partition coefficient (Wildman–Crippen LogP) is 2.45. The van der Waals surface area contributed by atoms with Crippen LogP contribution < -0.4 is 11.1 Å². The molecular formula is C16H17N3O3S. The Morgan fingerprint density at radius 1 is 1.35 bits per heavy atom. The van der Waals surface area contributed by atoms with Crippen LogP contribution in [-0.2, 0) is 4.74 Å². The van der Waals surface area contributed by atoms with Gasteiger partial charge in [-0.25, -0.2) is 4.79 Å². The minimum atomic E-state index is -0.654. The molecule has 1 saturated heterocycles. The number of thiophene rings is 1. The van der Waals surface area contributed by atoms with Crippen LogP contribution in [0.5, 0.6) is 0 Å². The van der Waals surface area contributed by atoms with Crippen molar-refractivity contribution in [1.29, 1.82) is 0 Å². The van der Waals surface area contributed by atoms with Gasteiger partial charge in [0.15, 0.2) is 0 Å². The van der Waals surface area contributed by atoms with E-state index in [1.165, 1.54) is 0 Å². The number of rotatable bonds is 3. The summed E-state index contributed by atoms with van der Waals surface area (Å²) in [7, 11) is 0. The quantitative estimate of drug-likeness (QED) is 0.906. The molecule has 1 aliphatic heterocycles. The predicted molar refractivity (Wildman–Crippen MR) is 88.6 cm³/mol. The molecule has 0 aliphatic carbocycles. The molecule has 1 aromatic heterocycles. The van der Waals surface area contributed by atoms with Crippen molar-refractivity contribution in [2.75, 3.05) is 25.0 Å². The molecule has 0 bridgehead atoms. The smallest absolute Gasteiger partial charge is 0.316 e. The number of nitrogens with one attached hydrogen (secondary N) is 1. The van der Waals surface area contributed by atoms with Crippen LogP contribution in [0.1, 0.15) is 22.0 Å². The lowest BCUT2D eigenvalue weighted by Crippen LogP contribution is -2.42. The minimum Gasteiger partial charge on any atom is -0.370 e. The molecule has 0 spiro atoms. The summed E-state index contributed by atoms with van der Waals surface area (Å²) in [6.45, 7) is 1.57. The lowest BCUT2D eigenvalue weighted by atomic mass is 10.1. The van der Waals surface area contributed by atoms with Gasteiger partial charge in [-0.3, -0.25) is 4.79 Å². The van der Waals surface area contributed by atoms with Crippen LogP contribution in [0, 0.1) is 0 Å². The summed E-state index contributed by atoms with van der Waals surface area (Å²) in [5.41, 5.74) is 7.22. The number of nitrogens with two attached hydrogens (primary N) is 1. The van der Waals surface area contributed by atoms with E-state index in [1.807, 2.05) is 16.8 Å². The van der Waals surface area contributed by atoms with Gasteiger partial charge in [0.2, 0.25) is 0 Å². The second kappa shape index (κ2) is 6.80. The number of hydrogen-bond donors (Lipinski definition) is 2. The molecule has 7 heteroatoms. The summed E-state index contributed by atoms with van der Waals surface area (Å²) in [5.74, 6) is -0.0818. The lowest BCUT2D eigenvalue weighted by Gasteiger charge is -2.33. The molecule has 2 aromatic rings. The molecule has 2 heterocycles. The molecule has 0 radical (unpaired) electrons. The van der Waals surface area contributed by atoms with Crippen molar-refractivity contribution in [1.82, 2.24) is 4.90 Å². The summed E-state index contributed by atoms with van der Waals surface area (Å²) in [5, 5.41) is 6.52. The zero-order valence-corrected chi connectivity index (χ0v) is 13.2. The van der Waals surface area contributed by atoms with E-state index in [9.17, 15) is 9.59 Å². The number of ether oxygens (including phenoxy) is 1. The fourth-order valence-electron chi connectivity index (χ4n) is 2.55. The van der Waals surface area contributed by atoms with Crippen molar-refractivity contribution in [2.24, 2.45) is 5.73 Å². The molecule has 3 rings (SSSR count). The van der Waals surface area contributed by atoms with Crippen molar-refractivity contribution in [3.63, 3.8) is 0 Å². The maximum absolute atomic E-state index is 12.7. The van der Waals surface area contributed by atoms with E-state index < -0.39 is 6.03 Å². The first-order valence-corrected chi connectivity index (χ1v) is 8.17. The highest BCUT2D eigenvalue weighted by Gasteiger charge is 2.26. The van der Waals surface area contributed by atoms with Crippen molar-refractivity contribution < 1.29 is 14.3 Å². The van der Waals surface area contributed by atoms with Crippen molar-refractivity contribution >= 4 is 29.0 Å². The molecule has 120 valence electrons. The van der Waals surface area contributed by atoms with Crippen LogP contribution in [0.2, 0.25) is 0 Å². The van der Waals surface area contributed by atoms with E-state index in [2.05, 4.69) is 5.32 Å². The second-order valence-electron chi connectivity index (χ2n) is 5.24. The van der Waals surface area contributed by atoms with Crippen LogP contribution in [0.3, 0.4) is 0 Å². The fraction of sp³-hybridized carbons (Fsp3) is 0.250. The summed E-state index contributed by atoms with van der Waals surface area (Å²) >= 11 is 1.61. The first-order valence-electron chi connectivity index (χ1n) is 7.23. The van der Waals surface area contributed by atoms with Gasteiger partial charge in [-0.15, -0.1) is 0 Å². The normalized spacial score (nSPS) is 17.7. The monoisotopic (exact) mass is 331 g/mol. The Hall–Kier alpha value is -2.38. The van der Waals surface area contributed by atoms with Crippen LogP contribution >= 0.6 is 11.3 Å². The number of primary amides is 1. The van der Waals surface area contributed by atoms with E-state index in [1.54, 1.807) is 40.5 Å². The highest BCUT2D eigenvalue weighted by Crippen LogP contribution is 2.25. The molecule has 0 saturated carbocycles. The number of carbonyl (C=O) groups excluding carboxylic acids is 2. The lowest BCUT2D eigenvalue weighted by molar-refractivity contribution is -0.0226. The van der Waals surface area contributed by atoms with Crippen molar-refractivity contribution in [2.45, 2.75) is 6.10 Å². The summed E-state index contributed by atoms with van der Waals surface area (Å²) in [6, 6.07) is 8.12. The third-order valence-electron chi connectivity index (χ3n) is 3.65. The van der Waals surface area contributed by atoms with E-state index in [-0.39, 0.29) is 12.0 Å². The summed E-state index contributed by atoms with van der Waals surface area (Å²) in [4.78, 5) is 25.4. The minimum absolute atomic E-state index is 0.0818. The van der Waals surface area contributed by atoms with Crippen LogP contribution in [0.25, 0.3) is 0 Å². The van der Waals surface area contributed by atoms with Crippen LogP contribution in [0.4, 0.5) is 10.5 Å². The average Bonchev–Trinajstić information content (AvgIpc) is 3.08. The molecular weight excluding hydrogens is 314 g/mol. The molecule has 3 amide bonds. The number of urea groups is 1. The third kappa shape index (κ3) is 3.69. The number of nitrogens with zero attached hydrogens (tertiary/aromatic N) is 1. The van der Waals surface area contributed by atoms with Gasteiger partial charge in [0.05, 0.1) is 13.2 Å². The summed E-state index contributed by atoms with van der Waals surface area (Å²) in [6.07, 6.45) is -0.0918. The highest BCUT2D eigenvalue weighted by atomic mass is 32.1. The standard InChI is InChI=1S/C16H17N3O3S/c17-16(21)18-13-3-1-2-11(8-13)15(20)19-5-6-22-14(9-19)12-4-7-23-10-12/h1-4,7-8,10,14H,5-6,9H2,(H3,17,18,21). The van der Waals surface area contributed by atoms with Gasteiger partial charge in [-0.1, -0.05) is 6.07 Å². The van der Waals surface area contributed by atoms with E-state index in [4.69, 9.17) is 10.5 Å². The van der Waals surface area contributed by atoms with Crippen molar-refractivity contribution in [3.05, 3.63) is 52.2 Å². The van der Waals surface area contributed by atoms with Gasteiger partial charge < -0.3 is 20.7 Å². The van der Waals surface area contributed by atoms with Gasteiger partial charge in [0, 0.05) is 17.8 Å². The highest BCUT2D eigenvalue weighted by molar-refractivity contribution is 7.07.